The summed E-state index contributed by atoms with van der Waals surface area (Å²) in [4.78, 5) is 10.5. The van der Waals surface area contributed by atoms with Crippen LogP contribution in [0.4, 0.5) is 0 Å². The normalized spacial score (nSPS) is 10.4. The Hall–Kier alpha value is -1.71. The predicted molar refractivity (Wildman–Crippen MR) is 41.9 cm³/mol. The summed E-state index contributed by atoms with van der Waals surface area (Å²) in [6.07, 6.45) is 0.742. The topological polar surface area (TPSA) is 56.0 Å². The van der Waals surface area contributed by atoms with E-state index in [1.165, 1.54) is 0 Å². The quantitative estimate of drug-likeness (QED) is 0.594. The van der Waals surface area contributed by atoms with E-state index in [4.69, 9.17) is 0 Å². The summed E-state index contributed by atoms with van der Waals surface area (Å²) in [5, 5.41) is 7.31. The predicted octanol–water partition coefficient (Wildman–Crippen LogP) is 1.34. The third-order valence-electron chi connectivity index (χ3n) is 1.78. The Labute approximate surface area is 68.1 Å². The van der Waals surface area contributed by atoms with Crippen LogP contribution in [0.25, 0.3) is 11.0 Å². The summed E-state index contributed by atoms with van der Waals surface area (Å²) >= 11 is 0. The molecule has 0 aliphatic heterocycles. The molecule has 1 heterocycles. The van der Waals surface area contributed by atoms with Gasteiger partial charge in [-0.3, -0.25) is 4.79 Å². The van der Waals surface area contributed by atoms with E-state index in [0.717, 1.165) is 11.8 Å². The molecule has 0 bridgehead atoms. The summed E-state index contributed by atoms with van der Waals surface area (Å²) in [5.74, 6) is 0. The van der Waals surface area contributed by atoms with E-state index in [9.17, 15) is 4.79 Å². The zero-order chi connectivity index (χ0) is 8.55. The molecule has 60 valence electrons. The molecule has 12 heavy (non-hydrogen) atoms. The zero-order valence-corrected chi connectivity index (χ0v) is 6.44. The lowest BCUT2D eigenvalue weighted by Gasteiger charge is -1.92. The van der Waals surface area contributed by atoms with Gasteiger partial charge in [-0.1, -0.05) is 6.07 Å². The number of aromatic nitrogens is 2. The van der Waals surface area contributed by atoms with Gasteiger partial charge in [-0.2, -0.15) is 0 Å². The van der Waals surface area contributed by atoms with Gasteiger partial charge in [-0.25, -0.2) is 4.63 Å². The number of fused-ring (bicyclic) bond motifs is 1. The van der Waals surface area contributed by atoms with Crippen LogP contribution in [-0.4, -0.2) is 16.6 Å². The molecule has 0 spiro atoms. The van der Waals surface area contributed by atoms with E-state index in [1.54, 1.807) is 6.07 Å². The van der Waals surface area contributed by atoms with E-state index >= 15 is 0 Å². The van der Waals surface area contributed by atoms with Crippen molar-refractivity contribution in [2.45, 2.75) is 6.92 Å². The van der Waals surface area contributed by atoms with E-state index < -0.39 is 0 Å². The number of hydrogen-bond donors (Lipinski definition) is 0. The Bertz CT molecular complexity index is 434. The van der Waals surface area contributed by atoms with Crippen molar-refractivity contribution in [3.05, 3.63) is 23.3 Å². The number of aryl methyl sites for hydroxylation is 1. The third kappa shape index (κ3) is 0.812. The van der Waals surface area contributed by atoms with Gasteiger partial charge in [-0.05, 0) is 28.9 Å². The van der Waals surface area contributed by atoms with Crippen molar-refractivity contribution in [1.82, 2.24) is 10.3 Å². The molecule has 2 rings (SSSR count). The summed E-state index contributed by atoms with van der Waals surface area (Å²) < 4.78 is 4.53. The Kier molecular flexibility index (Phi) is 1.40. The highest BCUT2D eigenvalue weighted by molar-refractivity contribution is 5.94. The van der Waals surface area contributed by atoms with E-state index in [-0.39, 0.29) is 0 Å². The average Bonchev–Trinajstić information content (AvgIpc) is 2.54. The van der Waals surface area contributed by atoms with Crippen molar-refractivity contribution >= 4 is 17.3 Å². The first-order valence-electron chi connectivity index (χ1n) is 3.50. The van der Waals surface area contributed by atoms with Crippen molar-refractivity contribution in [2.24, 2.45) is 0 Å². The first-order valence-corrected chi connectivity index (χ1v) is 3.50. The monoisotopic (exact) mass is 162 g/mol. The van der Waals surface area contributed by atoms with Crippen LogP contribution in [0, 0.1) is 6.92 Å². The molecule has 0 aliphatic carbocycles. The van der Waals surface area contributed by atoms with Crippen molar-refractivity contribution in [3.63, 3.8) is 0 Å². The SMILES string of the molecule is Cc1ccc(C=O)c2nonc12. The molecule has 0 unspecified atom stereocenters. The van der Waals surface area contributed by atoms with Gasteiger partial charge in [0.15, 0.2) is 6.29 Å². The van der Waals surface area contributed by atoms with Crippen molar-refractivity contribution in [1.29, 1.82) is 0 Å². The second kappa shape index (κ2) is 2.41. The highest BCUT2D eigenvalue weighted by atomic mass is 16.6. The zero-order valence-electron chi connectivity index (χ0n) is 6.44. The van der Waals surface area contributed by atoms with Crippen LogP contribution >= 0.6 is 0 Å². The standard InChI is InChI=1S/C8H6N2O2/c1-5-2-3-6(4-11)8-7(5)9-12-10-8/h2-4H,1H3. The fourth-order valence-electron chi connectivity index (χ4n) is 1.10. The fraction of sp³-hybridized carbons (Fsp3) is 0.125. The molecule has 0 amide bonds. The molecule has 0 saturated heterocycles. The van der Waals surface area contributed by atoms with Gasteiger partial charge in [0.1, 0.15) is 11.0 Å². The minimum absolute atomic E-state index is 0.511. The molecule has 4 heteroatoms. The first kappa shape index (κ1) is 6.97. The van der Waals surface area contributed by atoms with Gasteiger partial charge >= 0.3 is 0 Å². The van der Waals surface area contributed by atoms with Crippen molar-refractivity contribution in [3.8, 4) is 0 Å². The van der Waals surface area contributed by atoms with Crippen LogP contribution in [0.5, 0.6) is 0 Å². The number of rotatable bonds is 1. The highest BCUT2D eigenvalue weighted by Crippen LogP contribution is 2.16. The highest BCUT2D eigenvalue weighted by Gasteiger charge is 2.07. The Balaban J connectivity index is 2.91. The number of aldehydes is 1. The molecule has 4 nitrogen and oxygen atoms in total. The molecule has 0 saturated carbocycles. The van der Waals surface area contributed by atoms with Crippen LogP contribution in [0.1, 0.15) is 15.9 Å². The number of hydrogen-bond acceptors (Lipinski definition) is 4. The largest absolute Gasteiger partial charge is 0.298 e. The van der Waals surface area contributed by atoms with Crippen LogP contribution in [0.15, 0.2) is 16.8 Å². The smallest absolute Gasteiger partial charge is 0.152 e. The minimum Gasteiger partial charge on any atom is -0.298 e. The number of nitrogens with zero attached hydrogens (tertiary/aromatic N) is 2. The molecule has 2 aromatic rings. The maximum atomic E-state index is 10.5. The Morgan fingerprint density at radius 3 is 2.83 bits per heavy atom. The summed E-state index contributed by atoms with van der Waals surface area (Å²) in [6, 6.07) is 3.52. The van der Waals surface area contributed by atoms with Crippen LogP contribution in [0.2, 0.25) is 0 Å². The van der Waals surface area contributed by atoms with Gasteiger partial charge in [0.25, 0.3) is 0 Å². The number of carbonyl (C=O) groups is 1. The summed E-state index contributed by atoms with van der Waals surface area (Å²) in [7, 11) is 0. The summed E-state index contributed by atoms with van der Waals surface area (Å²) in [5.41, 5.74) is 2.65. The molecule has 1 aromatic carbocycles. The van der Waals surface area contributed by atoms with Crippen LogP contribution in [0.3, 0.4) is 0 Å². The molecule has 0 fully saturated rings. The molecular weight excluding hydrogens is 156 g/mol. The molecule has 0 N–H and O–H groups in total. The van der Waals surface area contributed by atoms with E-state index in [1.807, 2.05) is 13.0 Å². The average molecular weight is 162 g/mol. The van der Waals surface area contributed by atoms with Crippen LogP contribution < -0.4 is 0 Å². The van der Waals surface area contributed by atoms with Gasteiger partial charge < -0.3 is 0 Å². The molecule has 1 aromatic heterocycles. The van der Waals surface area contributed by atoms with Gasteiger partial charge in [-0.15, -0.1) is 0 Å². The molecular formula is C8H6N2O2. The lowest BCUT2D eigenvalue weighted by Crippen LogP contribution is -1.84. The van der Waals surface area contributed by atoms with Gasteiger partial charge in [0.2, 0.25) is 0 Å². The van der Waals surface area contributed by atoms with E-state index in [2.05, 4.69) is 14.9 Å². The fourth-order valence-corrected chi connectivity index (χ4v) is 1.10. The van der Waals surface area contributed by atoms with Crippen molar-refractivity contribution < 1.29 is 9.42 Å². The Morgan fingerprint density at radius 2 is 2.08 bits per heavy atom. The van der Waals surface area contributed by atoms with E-state index in [0.29, 0.717) is 16.6 Å². The number of carbonyl (C=O) groups excluding carboxylic acids is 1. The Morgan fingerprint density at radius 1 is 1.33 bits per heavy atom. The summed E-state index contributed by atoms with van der Waals surface area (Å²) in [6.45, 7) is 1.89. The second-order valence-electron chi connectivity index (χ2n) is 2.55. The van der Waals surface area contributed by atoms with Gasteiger partial charge in [0, 0.05) is 5.56 Å². The third-order valence-corrected chi connectivity index (χ3v) is 1.78. The molecule has 0 aliphatic rings. The lowest BCUT2D eigenvalue weighted by atomic mass is 10.1. The maximum absolute atomic E-state index is 10.5. The lowest BCUT2D eigenvalue weighted by molar-refractivity contribution is 0.112. The van der Waals surface area contributed by atoms with Crippen molar-refractivity contribution in [2.75, 3.05) is 0 Å². The van der Waals surface area contributed by atoms with Crippen LogP contribution in [-0.2, 0) is 0 Å². The number of benzene rings is 1. The minimum atomic E-state index is 0.511. The first-order chi connectivity index (χ1) is 5.83. The molecule has 0 radical (unpaired) electrons. The maximum Gasteiger partial charge on any atom is 0.152 e. The molecule has 0 atom stereocenters. The van der Waals surface area contributed by atoms with Gasteiger partial charge in [0.05, 0.1) is 0 Å². The second-order valence-corrected chi connectivity index (χ2v) is 2.55.